The molecule has 1 N–H and O–H groups in total. The number of amides is 1. The zero-order chi connectivity index (χ0) is 14.3. The van der Waals surface area contributed by atoms with Crippen molar-refractivity contribution in [3.05, 3.63) is 35.0 Å². The second kappa shape index (κ2) is 5.07. The van der Waals surface area contributed by atoms with Gasteiger partial charge in [-0.15, -0.1) is 0 Å². The quantitative estimate of drug-likeness (QED) is 0.927. The van der Waals surface area contributed by atoms with Gasteiger partial charge >= 0.3 is 0 Å². The van der Waals surface area contributed by atoms with Crippen molar-refractivity contribution in [2.24, 2.45) is 0 Å². The van der Waals surface area contributed by atoms with Crippen molar-refractivity contribution in [3.63, 3.8) is 0 Å². The molecule has 1 aromatic heterocycles. The van der Waals surface area contributed by atoms with Crippen LogP contribution in [0.4, 0.5) is 4.39 Å². The van der Waals surface area contributed by atoms with Crippen LogP contribution in [-0.2, 0) is 0 Å². The summed E-state index contributed by atoms with van der Waals surface area (Å²) in [6.07, 6.45) is 0.534. The van der Waals surface area contributed by atoms with E-state index in [2.05, 4.69) is 0 Å². The summed E-state index contributed by atoms with van der Waals surface area (Å²) < 4.78 is 18.7. The average molecular weight is 298 g/mol. The van der Waals surface area contributed by atoms with Crippen LogP contribution in [0.2, 0.25) is 5.02 Å². The lowest BCUT2D eigenvalue weighted by Crippen LogP contribution is -2.37. The first-order valence-corrected chi connectivity index (χ1v) is 6.71. The molecule has 20 heavy (non-hydrogen) atoms. The Morgan fingerprint density at radius 1 is 1.50 bits per heavy atom. The van der Waals surface area contributed by atoms with E-state index in [1.165, 1.54) is 11.2 Å². The number of furan rings is 1. The van der Waals surface area contributed by atoms with Crippen molar-refractivity contribution in [1.82, 2.24) is 4.90 Å². The third-order valence-electron chi connectivity index (χ3n) is 3.63. The molecule has 0 unspecified atom stereocenters. The van der Waals surface area contributed by atoms with Crippen molar-refractivity contribution < 1.29 is 18.7 Å². The fraction of sp³-hybridized carbons (Fsp3) is 0.357. The van der Waals surface area contributed by atoms with E-state index in [-0.39, 0.29) is 25.5 Å². The van der Waals surface area contributed by atoms with E-state index >= 15 is 0 Å². The lowest BCUT2D eigenvalue weighted by Gasteiger charge is -2.22. The third-order valence-corrected chi connectivity index (χ3v) is 3.93. The first kappa shape index (κ1) is 13.4. The Morgan fingerprint density at radius 2 is 2.30 bits per heavy atom. The van der Waals surface area contributed by atoms with Crippen molar-refractivity contribution in [2.75, 3.05) is 13.2 Å². The molecule has 0 bridgehead atoms. The first-order valence-electron chi connectivity index (χ1n) is 6.33. The number of likely N-dealkylation sites (tertiary alicyclic amines) is 1. The molecule has 0 aliphatic carbocycles. The van der Waals surface area contributed by atoms with Gasteiger partial charge in [-0.1, -0.05) is 11.6 Å². The summed E-state index contributed by atoms with van der Waals surface area (Å²) in [5, 5.41) is 10.3. The summed E-state index contributed by atoms with van der Waals surface area (Å²) in [6.45, 7) is -0.236. The highest BCUT2D eigenvalue weighted by atomic mass is 35.5. The van der Waals surface area contributed by atoms with E-state index in [0.29, 0.717) is 21.6 Å². The van der Waals surface area contributed by atoms with Crippen LogP contribution in [0.5, 0.6) is 0 Å². The molecule has 0 saturated carbocycles. The van der Waals surface area contributed by atoms with Gasteiger partial charge in [0.1, 0.15) is 6.17 Å². The molecule has 0 radical (unpaired) electrons. The zero-order valence-electron chi connectivity index (χ0n) is 10.6. The first-order chi connectivity index (χ1) is 9.61. The second-order valence-electron chi connectivity index (χ2n) is 4.89. The Bertz CT molecular complexity index is 657. The number of hydrogen-bond acceptors (Lipinski definition) is 3. The van der Waals surface area contributed by atoms with Crippen LogP contribution in [0.25, 0.3) is 11.0 Å². The van der Waals surface area contributed by atoms with Gasteiger partial charge in [0.2, 0.25) is 0 Å². The van der Waals surface area contributed by atoms with Gasteiger partial charge in [-0.2, -0.15) is 0 Å². The molecule has 1 aromatic carbocycles. The van der Waals surface area contributed by atoms with Gasteiger partial charge in [-0.3, -0.25) is 4.79 Å². The molecule has 1 saturated heterocycles. The number of fused-ring (bicyclic) bond motifs is 1. The van der Waals surface area contributed by atoms with Crippen LogP contribution < -0.4 is 0 Å². The maximum atomic E-state index is 13.5. The number of halogens is 2. The summed E-state index contributed by atoms with van der Waals surface area (Å²) in [5.74, 6) is -0.313. The van der Waals surface area contributed by atoms with Gasteiger partial charge in [-0.25, -0.2) is 4.39 Å². The van der Waals surface area contributed by atoms with E-state index < -0.39 is 12.2 Å². The Balaban J connectivity index is 2.01. The molecule has 0 spiro atoms. The monoisotopic (exact) mass is 297 g/mol. The normalized spacial score (nSPS) is 22.6. The predicted octanol–water partition coefficient (Wildman–Crippen LogP) is 2.63. The molecule has 1 fully saturated rings. The van der Waals surface area contributed by atoms with Crippen LogP contribution in [0.3, 0.4) is 0 Å². The van der Waals surface area contributed by atoms with E-state index in [9.17, 15) is 14.3 Å². The Labute approximate surface area is 119 Å². The van der Waals surface area contributed by atoms with Crippen molar-refractivity contribution in [2.45, 2.75) is 18.6 Å². The van der Waals surface area contributed by atoms with Gasteiger partial charge in [0, 0.05) is 11.8 Å². The highest BCUT2D eigenvalue weighted by Crippen LogP contribution is 2.30. The highest BCUT2D eigenvalue weighted by molar-refractivity contribution is 6.35. The van der Waals surface area contributed by atoms with Crippen LogP contribution in [0, 0.1) is 0 Å². The largest absolute Gasteiger partial charge is 0.463 e. The van der Waals surface area contributed by atoms with Crippen molar-refractivity contribution >= 4 is 28.5 Å². The molecule has 3 rings (SSSR count). The summed E-state index contributed by atoms with van der Waals surface area (Å²) in [6, 6.07) is 4.36. The van der Waals surface area contributed by atoms with Crippen LogP contribution in [0.1, 0.15) is 16.8 Å². The minimum absolute atomic E-state index is 0.00598. The molecule has 1 amide bonds. The molecular weight excluding hydrogens is 285 g/mol. The summed E-state index contributed by atoms with van der Waals surface area (Å²) in [5.41, 5.74) is 0.847. The third kappa shape index (κ3) is 2.07. The fourth-order valence-corrected chi connectivity index (χ4v) is 2.86. The topological polar surface area (TPSA) is 53.7 Å². The minimum Gasteiger partial charge on any atom is -0.463 e. The van der Waals surface area contributed by atoms with Gasteiger partial charge in [0.25, 0.3) is 5.91 Å². The van der Waals surface area contributed by atoms with Gasteiger partial charge < -0.3 is 14.4 Å². The van der Waals surface area contributed by atoms with Gasteiger partial charge in [0.15, 0.2) is 5.58 Å². The Morgan fingerprint density at radius 3 is 3.05 bits per heavy atom. The number of rotatable bonds is 2. The lowest BCUT2D eigenvalue weighted by molar-refractivity contribution is 0.0675. The number of alkyl halides is 1. The molecule has 2 atom stereocenters. The average Bonchev–Trinajstić information content (AvgIpc) is 3.05. The second-order valence-corrected chi connectivity index (χ2v) is 5.29. The van der Waals surface area contributed by atoms with Crippen LogP contribution in [-0.4, -0.2) is 41.3 Å². The van der Waals surface area contributed by atoms with E-state index in [4.69, 9.17) is 16.0 Å². The van der Waals surface area contributed by atoms with E-state index in [1.807, 2.05) is 0 Å². The number of carbonyl (C=O) groups excluding carboxylic acids is 1. The minimum atomic E-state index is -1.09. The number of carbonyl (C=O) groups is 1. The molecule has 2 heterocycles. The van der Waals surface area contributed by atoms with E-state index in [1.54, 1.807) is 18.2 Å². The zero-order valence-corrected chi connectivity index (χ0v) is 11.3. The number of benzene rings is 1. The van der Waals surface area contributed by atoms with Gasteiger partial charge in [-0.05, 0) is 18.2 Å². The lowest BCUT2D eigenvalue weighted by atomic mass is 10.1. The summed E-state index contributed by atoms with van der Waals surface area (Å²) in [4.78, 5) is 13.9. The number of hydrogen-bond donors (Lipinski definition) is 1. The standard InChI is InChI=1S/C14H13ClFNO3/c15-12-2-1-11(10-3-4-20-13(10)12)14(19)17-6-8(16)5-9(17)7-18/h1-4,8-9,18H,5-7H2/t8-,9-/m0/s1. The van der Waals surface area contributed by atoms with E-state index in [0.717, 1.165) is 0 Å². The molecule has 106 valence electrons. The molecular formula is C14H13ClFNO3. The van der Waals surface area contributed by atoms with Gasteiger partial charge in [0.05, 0.1) is 36.0 Å². The molecule has 2 aromatic rings. The highest BCUT2D eigenvalue weighted by Gasteiger charge is 2.35. The van der Waals surface area contributed by atoms with Crippen molar-refractivity contribution in [1.29, 1.82) is 0 Å². The maximum Gasteiger partial charge on any atom is 0.255 e. The summed E-state index contributed by atoms with van der Waals surface area (Å²) in [7, 11) is 0. The Hall–Kier alpha value is -1.59. The number of nitrogens with zero attached hydrogens (tertiary/aromatic N) is 1. The summed E-state index contributed by atoms with van der Waals surface area (Å²) >= 11 is 6.00. The SMILES string of the molecule is O=C(c1ccc(Cl)c2occc12)N1C[C@@H](F)C[C@H]1CO. The molecule has 6 heteroatoms. The number of aliphatic hydroxyl groups excluding tert-OH is 1. The predicted molar refractivity (Wildman–Crippen MR) is 72.6 cm³/mol. The smallest absolute Gasteiger partial charge is 0.255 e. The molecule has 1 aliphatic heterocycles. The fourth-order valence-electron chi connectivity index (χ4n) is 2.65. The van der Waals surface area contributed by atoms with Crippen molar-refractivity contribution in [3.8, 4) is 0 Å². The van der Waals surface area contributed by atoms with Crippen LogP contribution in [0.15, 0.2) is 28.9 Å². The maximum absolute atomic E-state index is 13.5. The van der Waals surface area contributed by atoms with Crippen LogP contribution >= 0.6 is 11.6 Å². The number of aliphatic hydroxyl groups is 1. The Kier molecular flexibility index (Phi) is 3.40. The molecule has 1 aliphatic rings. The molecule has 4 nitrogen and oxygen atoms in total.